The summed E-state index contributed by atoms with van der Waals surface area (Å²) in [6.07, 6.45) is 5.13. The normalized spacial score (nSPS) is 20.4. The van der Waals surface area contributed by atoms with Crippen LogP contribution < -0.4 is 10.6 Å². The fraction of sp³-hybridized carbons (Fsp3) is 0.667. The van der Waals surface area contributed by atoms with E-state index in [0.29, 0.717) is 0 Å². The maximum Gasteiger partial charge on any atom is 0.0701 e. The number of hydrogen-bond acceptors (Lipinski definition) is 3. The van der Waals surface area contributed by atoms with E-state index in [2.05, 4.69) is 38.7 Å². The molecule has 1 fully saturated rings. The molecule has 0 bridgehead atoms. The second-order valence-corrected chi connectivity index (χ2v) is 6.84. The van der Waals surface area contributed by atoms with Crippen LogP contribution in [0.3, 0.4) is 0 Å². The Labute approximate surface area is 110 Å². The largest absolute Gasteiger partial charge is 0.316 e. The molecule has 16 heavy (non-hydrogen) atoms. The molecule has 4 heteroatoms. The van der Waals surface area contributed by atoms with Crippen molar-refractivity contribution in [1.82, 2.24) is 10.6 Å². The van der Waals surface area contributed by atoms with Crippen molar-refractivity contribution in [3.8, 4) is 0 Å². The van der Waals surface area contributed by atoms with Crippen LogP contribution in [-0.2, 0) is 6.42 Å². The van der Waals surface area contributed by atoms with Crippen LogP contribution in [0, 0.1) is 0 Å². The monoisotopic (exact) mass is 302 g/mol. The molecule has 0 spiro atoms. The number of nitrogens with one attached hydrogen (secondary N) is 2. The van der Waals surface area contributed by atoms with E-state index in [1.54, 1.807) is 0 Å². The summed E-state index contributed by atoms with van der Waals surface area (Å²) >= 11 is 5.32. The molecule has 90 valence electrons. The second-order valence-electron chi connectivity index (χ2n) is 4.29. The van der Waals surface area contributed by atoms with Crippen molar-refractivity contribution >= 4 is 27.3 Å². The van der Waals surface area contributed by atoms with Crippen LogP contribution >= 0.6 is 27.3 Å². The predicted octanol–water partition coefficient (Wildman–Crippen LogP) is 2.78. The zero-order chi connectivity index (χ0) is 11.2. The van der Waals surface area contributed by atoms with Crippen molar-refractivity contribution in [3.63, 3.8) is 0 Å². The Morgan fingerprint density at radius 3 is 3.06 bits per heavy atom. The van der Waals surface area contributed by atoms with E-state index in [9.17, 15) is 0 Å². The maximum atomic E-state index is 3.52. The molecule has 2 heterocycles. The molecule has 1 atom stereocenters. The van der Waals surface area contributed by atoms with Gasteiger partial charge in [0, 0.05) is 10.9 Å². The van der Waals surface area contributed by atoms with Crippen molar-refractivity contribution in [3.05, 3.63) is 20.8 Å². The maximum absolute atomic E-state index is 3.52. The zero-order valence-corrected chi connectivity index (χ0v) is 11.9. The first-order valence-electron chi connectivity index (χ1n) is 6.03. The summed E-state index contributed by atoms with van der Waals surface area (Å²) < 4.78 is 1.23. The van der Waals surface area contributed by atoms with Crippen LogP contribution in [0.1, 0.15) is 24.1 Å². The Kier molecular flexibility index (Phi) is 5.29. The average molecular weight is 303 g/mol. The highest BCUT2D eigenvalue weighted by Crippen LogP contribution is 2.22. The molecule has 2 N–H and O–H groups in total. The highest BCUT2D eigenvalue weighted by Gasteiger charge is 2.12. The van der Waals surface area contributed by atoms with E-state index in [4.69, 9.17) is 0 Å². The van der Waals surface area contributed by atoms with E-state index < -0.39 is 0 Å². The molecular formula is C12H19BrN2S. The molecule has 0 aliphatic carbocycles. The molecule has 1 aromatic rings. The third kappa shape index (κ3) is 4.17. The fourth-order valence-electron chi connectivity index (χ4n) is 2.10. The summed E-state index contributed by atoms with van der Waals surface area (Å²) in [5.74, 6) is 0. The van der Waals surface area contributed by atoms with Gasteiger partial charge in [-0.05, 0) is 73.4 Å². The highest BCUT2D eigenvalue weighted by atomic mass is 79.9. The molecule has 0 saturated carbocycles. The molecule has 1 aromatic heterocycles. The first kappa shape index (κ1) is 12.6. The van der Waals surface area contributed by atoms with Crippen LogP contribution in [0.15, 0.2) is 15.9 Å². The second kappa shape index (κ2) is 6.74. The molecule has 1 unspecified atom stereocenters. The van der Waals surface area contributed by atoms with Gasteiger partial charge in [-0.3, -0.25) is 0 Å². The number of thiophene rings is 1. The minimum absolute atomic E-state index is 0.767. The Morgan fingerprint density at radius 1 is 1.44 bits per heavy atom. The Bertz CT molecular complexity index is 308. The molecular weight excluding hydrogens is 284 g/mol. The Morgan fingerprint density at radius 2 is 2.38 bits per heavy atom. The molecule has 2 nitrogen and oxygen atoms in total. The van der Waals surface area contributed by atoms with Gasteiger partial charge in [-0.2, -0.15) is 0 Å². The number of halogens is 1. The zero-order valence-electron chi connectivity index (χ0n) is 9.47. The van der Waals surface area contributed by atoms with Gasteiger partial charge in [-0.1, -0.05) is 0 Å². The average Bonchev–Trinajstić information content (AvgIpc) is 2.89. The van der Waals surface area contributed by atoms with Gasteiger partial charge in [-0.25, -0.2) is 0 Å². The standard InChI is InChI=1S/C12H19BrN2S/c13-12-4-3-11(16-12)6-9-14-8-5-10-2-1-7-15-10/h3-4,10,14-15H,1-2,5-9H2. The molecule has 1 saturated heterocycles. The SMILES string of the molecule is Brc1ccc(CCNCCC2CCCN2)s1. The summed E-state index contributed by atoms with van der Waals surface area (Å²) in [6.45, 7) is 3.46. The van der Waals surface area contributed by atoms with E-state index >= 15 is 0 Å². The van der Waals surface area contributed by atoms with Gasteiger partial charge in [0.25, 0.3) is 0 Å². The first-order chi connectivity index (χ1) is 7.84. The van der Waals surface area contributed by atoms with E-state index in [0.717, 1.165) is 25.6 Å². The van der Waals surface area contributed by atoms with Crippen LogP contribution in [0.25, 0.3) is 0 Å². The van der Waals surface area contributed by atoms with Crippen LogP contribution in [0.5, 0.6) is 0 Å². The molecule has 0 aromatic carbocycles. The lowest BCUT2D eigenvalue weighted by molar-refractivity contribution is 0.525. The minimum atomic E-state index is 0.767. The van der Waals surface area contributed by atoms with Gasteiger partial charge in [0.15, 0.2) is 0 Å². The molecule has 0 amide bonds. The van der Waals surface area contributed by atoms with Gasteiger partial charge in [0.2, 0.25) is 0 Å². The van der Waals surface area contributed by atoms with Gasteiger partial charge in [0.05, 0.1) is 3.79 Å². The third-order valence-electron chi connectivity index (χ3n) is 3.01. The van der Waals surface area contributed by atoms with Crippen LogP contribution in [0.2, 0.25) is 0 Å². The van der Waals surface area contributed by atoms with Crippen molar-refractivity contribution in [2.24, 2.45) is 0 Å². The van der Waals surface area contributed by atoms with Gasteiger partial charge in [0.1, 0.15) is 0 Å². The van der Waals surface area contributed by atoms with Crippen LogP contribution in [-0.4, -0.2) is 25.7 Å². The smallest absolute Gasteiger partial charge is 0.0701 e. The fourth-order valence-corrected chi connectivity index (χ4v) is 3.58. The lowest BCUT2D eigenvalue weighted by atomic mass is 10.1. The molecule has 2 rings (SSSR count). The minimum Gasteiger partial charge on any atom is -0.316 e. The summed E-state index contributed by atoms with van der Waals surface area (Å²) in [7, 11) is 0. The third-order valence-corrected chi connectivity index (χ3v) is 4.69. The van der Waals surface area contributed by atoms with Crippen molar-refractivity contribution < 1.29 is 0 Å². The van der Waals surface area contributed by atoms with E-state index in [1.807, 2.05) is 11.3 Å². The number of rotatable bonds is 6. The van der Waals surface area contributed by atoms with Gasteiger partial charge >= 0.3 is 0 Å². The molecule has 1 aliphatic rings. The lowest BCUT2D eigenvalue weighted by Gasteiger charge is -2.10. The summed E-state index contributed by atoms with van der Waals surface area (Å²) in [5, 5.41) is 7.05. The van der Waals surface area contributed by atoms with Crippen molar-refractivity contribution in [2.75, 3.05) is 19.6 Å². The predicted molar refractivity (Wildman–Crippen MR) is 74.2 cm³/mol. The highest BCUT2D eigenvalue weighted by molar-refractivity contribution is 9.11. The van der Waals surface area contributed by atoms with Gasteiger partial charge in [-0.15, -0.1) is 11.3 Å². The van der Waals surface area contributed by atoms with Gasteiger partial charge < -0.3 is 10.6 Å². The van der Waals surface area contributed by atoms with Crippen LogP contribution in [0.4, 0.5) is 0 Å². The summed E-state index contributed by atoms with van der Waals surface area (Å²) in [6, 6.07) is 5.10. The Balaban J connectivity index is 1.51. The van der Waals surface area contributed by atoms with E-state index in [-0.39, 0.29) is 0 Å². The number of hydrogen-bond donors (Lipinski definition) is 2. The molecule has 1 aliphatic heterocycles. The van der Waals surface area contributed by atoms with E-state index in [1.165, 1.54) is 34.5 Å². The first-order valence-corrected chi connectivity index (χ1v) is 7.64. The lowest BCUT2D eigenvalue weighted by Crippen LogP contribution is -2.27. The summed E-state index contributed by atoms with van der Waals surface area (Å²) in [4.78, 5) is 1.46. The summed E-state index contributed by atoms with van der Waals surface area (Å²) in [5.41, 5.74) is 0. The Hall–Kier alpha value is 0.1000. The molecule has 0 radical (unpaired) electrons. The quantitative estimate of drug-likeness (QED) is 0.790. The van der Waals surface area contributed by atoms with Crippen molar-refractivity contribution in [1.29, 1.82) is 0 Å². The topological polar surface area (TPSA) is 24.1 Å². The van der Waals surface area contributed by atoms with Crippen molar-refractivity contribution in [2.45, 2.75) is 31.7 Å².